The molecular weight excluding hydrogens is 380 g/mol. The van der Waals surface area contributed by atoms with E-state index in [2.05, 4.69) is 0 Å². The van der Waals surface area contributed by atoms with Gasteiger partial charge in [0.05, 0.1) is 30.3 Å². The van der Waals surface area contributed by atoms with E-state index < -0.39 is 39.9 Å². The molecule has 3 aliphatic rings. The lowest BCUT2D eigenvalue weighted by molar-refractivity contribution is -0.243. The highest BCUT2D eigenvalue weighted by Gasteiger charge is 2.78. The van der Waals surface area contributed by atoms with Gasteiger partial charge in [0.2, 0.25) is 0 Å². The van der Waals surface area contributed by atoms with Gasteiger partial charge >= 0.3 is 11.9 Å². The van der Waals surface area contributed by atoms with Gasteiger partial charge in [-0.15, -0.1) is 0 Å². The molecule has 0 unspecified atom stereocenters. The predicted molar refractivity (Wildman–Crippen MR) is 97.6 cm³/mol. The Balaban J connectivity index is 1.87. The van der Waals surface area contributed by atoms with Crippen LogP contribution in [-0.2, 0) is 19.1 Å². The summed E-state index contributed by atoms with van der Waals surface area (Å²) in [4.78, 5) is 38.1. The molecule has 29 heavy (non-hydrogen) atoms. The Labute approximate surface area is 167 Å². The van der Waals surface area contributed by atoms with Crippen LogP contribution in [-0.4, -0.2) is 52.9 Å². The van der Waals surface area contributed by atoms with Crippen molar-refractivity contribution in [3.8, 4) is 0 Å². The van der Waals surface area contributed by atoms with Crippen LogP contribution < -0.4 is 0 Å². The molecule has 1 aromatic heterocycles. The summed E-state index contributed by atoms with van der Waals surface area (Å²) in [5.74, 6) is -2.49. The Kier molecular flexibility index (Phi) is 4.29. The minimum atomic E-state index is -1.92. The fraction of sp³-hybridized carbons (Fsp3) is 0.571. The maximum absolute atomic E-state index is 13.0. The number of carbonyl (C=O) groups is 3. The summed E-state index contributed by atoms with van der Waals surface area (Å²) in [6, 6.07) is 1.51. The number of Topliss-reactive ketones (excluding diaryl/α,β-unsaturated/α-hetero) is 1. The summed E-state index contributed by atoms with van der Waals surface area (Å²) >= 11 is 0. The minimum absolute atomic E-state index is 0.00277. The fourth-order valence-electron chi connectivity index (χ4n) is 5.70. The summed E-state index contributed by atoms with van der Waals surface area (Å²) in [5, 5.41) is 23.3. The fourth-order valence-corrected chi connectivity index (χ4v) is 5.70. The zero-order valence-corrected chi connectivity index (χ0v) is 16.3. The van der Waals surface area contributed by atoms with Gasteiger partial charge in [0.15, 0.2) is 11.4 Å². The van der Waals surface area contributed by atoms with Gasteiger partial charge in [-0.1, -0.05) is 19.1 Å². The highest BCUT2D eigenvalue weighted by atomic mass is 16.6. The lowest BCUT2D eigenvalue weighted by atomic mass is 9.42. The summed E-state index contributed by atoms with van der Waals surface area (Å²) in [5.41, 5.74) is -6.17. The van der Waals surface area contributed by atoms with Crippen molar-refractivity contribution in [3.05, 3.63) is 36.3 Å². The first-order chi connectivity index (χ1) is 13.7. The van der Waals surface area contributed by atoms with Crippen LogP contribution in [0, 0.1) is 16.7 Å². The Hall–Kier alpha value is -2.45. The lowest BCUT2D eigenvalue weighted by Crippen LogP contribution is -2.73. The number of hydrogen-bond acceptors (Lipinski definition) is 8. The standard InChI is InChI=1S/C21H24O8/c1-18(10-15(22)13-5-9-28-11-13)14(16(23)27-2)4-8-19-12-29-17(24)20(19,25)6-3-7-21(18,19)26/h3,5,7,9,11,14,25-26H,4,6,8,10,12H2,1-2H3/t14-,18+,19-,20+,21-/m1/s1. The molecule has 1 saturated heterocycles. The molecule has 1 aromatic rings. The van der Waals surface area contributed by atoms with Gasteiger partial charge in [0.1, 0.15) is 18.5 Å². The summed E-state index contributed by atoms with van der Waals surface area (Å²) in [7, 11) is 1.25. The average molecular weight is 404 g/mol. The van der Waals surface area contributed by atoms with E-state index in [4.69, 9.17) is 13.9 Å². The predicted octanol–water partition coefficient (Wildman–Crippen LogP) is 1.41. The third-order valence-electron chi connectivity index (χ3n) is 7.44. The van der Waals surface area contributed by atoms with E-state index in [-0.39, 0.29) is 38.1 Å². The van der Waals surface area contributed by atoms with Gasteiger partial charge < -0.3 is 24.1 Å². The first-order valence-corrected chi connectivity index (χ1v) is 9.58. The van der Waals surface area contributed by atoms with Crippen LogP contribution in [0.4, 0.5) is 0 Å². The summed E-state index contributed by atoms with van der Waals surface area (Å²) in [6.45, 7) is 1.44. The topological polar surface area (TPSA) is 123 Å². The molecule has 1 saturated carbocycles. The van der Waals surface area contributed by atoms with Crippen molar-refractivity contribution in [1.29, 1.82) is 0 Å². The van der Waals surface area contributed by atoms with E-state index >= 15 is 0 Å². The second kappa shape index (κ2) is 6.27. The van der Waals surface area contributed by atoms with Crippen molar-refractivity contribution in [3.63, 3.8) is 0 Å². The number of hydrogen-bond donors (Lipinski definition) is 2. The molecule has 4 rings (SSSR count). The molecule has 2 heterocycles. The Morgan fingerprint density at radius 2 is 2.10 bits per heavy atom. The molecule has 2 N–H and O–H groups in total. The number of ketones is 1. The van der Waals surface area contributed by atoms with Crippen molar-refractivity contribution >= 4 is 17.7 Å². The third kappa shape index (κ3) is 2.30. The zero-order valence-electron chi connectivity index (χ0n) is 16.3. The minimum Gasteiger partial charge on any atom is -0.472 e. The summed E-state index contributed by atoms with van der Waals surface area (Å²) in [6.07, 6.45) is 5.90. The second-order valence-electron chi connectivity index (χ2n) is 8.54. The van der Waals surface area contributed by atoms with Gasteiger partial charge in [-0.25, -0.2) is 4.79 Å². The first-order valence-electron chi connectivity index (χ1n) is 9.58. The van der Waals surface area contributed by atoms with Gasteiger partial charge in [-0.2, -0.15) is 0 Å². The zero-order chi connectivity index (χ0) is 21.1. The van der Waals surface area contributed by atoms with Crippen molar-refractivity contribution in [2.45, 2.75) is 43.8 Å². The smallest absolute Gasteiger partial charge is 0.339 e. The molecule has 0 amide bonds. The number of aliphatic hydroxyl groups is 2. The van der Waals surface area contributed by atoms with Gasteiger partial charge in [-0.3, -0.25) is 9.59 Å². The molecule has 156 valence electrons. The summed E-state index contributed by atoms with van der Waals surface area (Å²) < 4.78 is 15.2. The van der Waals surface area contributed by atoms with Crippen molar-refractivity contribution in [2.24, 2.45) is 16.7 Å². The van der Waals surface area contributed by atoms with Crippen molar-refractivity contribution in [1.82, 2.24) is 0 Å². The molecule has 0 aromatic carbocycles. The number of esters is 2. The number of rotatable bonds is 4. The number of methoxy groups -OCH3 is 1. The number of ether oxygens (including phenoxy) is 2. The van der Waals surface area contributed by atoms with Crippen LogP contribution in [0.25, 0.3) is 0 Å². The van der Waals surface area contributed by atoms with Crippen LogP contribution in [0.1, 0.15) is 43.0 Å². The quantitative estimate of drug-likeness (QED) is 0.439. The van der Waals surface area contributed by atoms with Crippen LogP contribution in [0.5, 0.6) is 0 Å². The van der Waals surface area contributed by atoms with Crippen LogP contribution in [0.2, 0.25) is 0 Å². The lowest BCUT2D eigenvalue weighted by Gasteiger charge is -2.62. The number of furan rings is 1. The van der Waals surface area contributed by atoms with Crippen LogP contribution >= 0.6 is 0 Å². The van der Waals surface area contributed by atoms with E-state index in [1.165, 1.54) is 37.9 Å². The number of carbonyl (C=O) groups excluding carboxylic acids is 3. The van der Waals surface area contributed by atoms with Crippen molar-refractivity contribution in [2.75, 3.05) is 13.7 Å². The maximum Gasteiger partial charge on any atom is 0.339 e. The molecule has 0 bridgehead atoms. The number of cyclic esters (lactones) is 1. The molecule has 2 fully saturated rings. The molecule has 8 nitrogen and oxygen atoms in total. The van der Waals surface area contributed by atoms with Crippen LogP contribution in [0.15, 0.2) is 35.2 Å². The normalized spacial score (nSPS) is 40.7. The largest absolute Gasteiger partial charge is 0.472 e. The molecule has 1 spiro atoms. The van der Waals surface area contributed by atoms with Crippen LogP contribution in [0.3, 0.4) is 0 Å². The molecule has 5 atom stereocenters. The molecular formula is C21H24O8. The van der Waals surface area contributed by atoms with E-state index in [1.807, 2.05) is 0 Å². The second-order valence-corrected chi connectivity index (χ2v) is 8.54. The Morgan fingerprint density at radius 1 is 1.34 bits per heavy atom. The highest BCUT2D eigenvalue weighted by Crippen LogP contribution is 2.67. The average Bonchev–Trinajstić information content (AvgIpc) is 3.30. The molecule has 0 radical (unpaired) electrons. The third-order valence-corrected chi connectivity index (χ3v) is 7.44. The SMILES string of the molecule is COC(=O)[C@H]1CC[C@@]23COC(=O)[C@@]2(O)CC=C[C@@]3(O)[C@@]1(C)CC(=O)c1ccoc1. The van der Waals surface area contributed by atoms with E-state index in [0.717, 1.165) is 0 Å². The van der Waals surface area contributed by atoms with Gasteiger partial charge in [-0.05, 0) is 18.9 Å². The molecule has 2 aliphatic carbocycles. The van der Waals surface area contributed by atoms with Gasteiger partial charge in [0, 0.05) is 18.3 Å². The van der Waals surface area contributed by atoms with E-state index in [1.54, 1.807) is 6.92 Å². The molecule has 8 heteroatoms. The van der Waals surface area contributed by atoms with E-state index in [0.29, 0.717) is 5.56 Å². The first kappa shape index (κ1) is 19.8. The Morgan fingerprint density at radius 3 is 2.76 bits per heavy atom. The van der Waals surface area contributed by atoms with Crippen molar-refractivity contribution < 1.29 is 38.5 Å². The molecule has 1 aliphatic heterocycles. The maximum atomic E-state index is 13.0. The van der Waals surface area contributed by atoms with E-state index in [9.17, 15) is 24.6 Å². The monoisotopic (exact) mass is 404 g/mol. The highest BCUT2D eigenvalue weighted by molar-refractivity contribution is 5.97. The Bertz CT molecular complexity index is 889. The van der Waals surface area contributed by atoms with Gasteiger partial charge in [0.25, 0.3) is 0 Å².